The molecule has 0 saturated carbocycles. The molecule has 1 saturated heterocycles. The Kier molecular flexibility index (Phi) is 3.98. The first-order valence-electron chi connectivity index (χ1n) is 5.33. The quantitative estimate of drug-likeness (QED) is 0.362. The molecule has 0 amide bonds. The van der Waals surface area contributed by atoms with Crippen molar-refractivity contribution in [3.63, 3.8) is 0 Å². The Morgan fingerprint density at radius 2 is 1.43 bits per heavy atom. The summed E-state index contributed by atoms with van der Waals surface area (Å²) in [7, 11) is -5.09. The van der Waals surface area contributed by atoms with Gasteiger partial charge in [0.25, 0.3) is 0 Å². The Morgan fingerprint density at radius 3 is 1.76 bits per heavy atom. The lowest BCUT2D eigenvalue weighted by atomic mass is 10.1. The number of nitrogens with zero attached hydrogens (tertiary/aromatic N) is 1. The van der Waals surface area contributed by atoms with Crippen molar-refractivity contribution in [2.75, 3.05) is 6.54 Å². The van der Waals surface area contributed by atoms with Crippen LogP contribution >= 0.6 is 11.6 Å². The SMILES string of the molecule is O=C(Cl)[C@H]1CCN1S(=O)(=O)c1c(F)c(F)c(F)c(F)c1F. The number of sulfonamides is 1. The maximum Gasteiger partial charge on any atom is 0.249 e. The molecule has 0 spiro atoms. The molecule has 0 aliphatic carbocycles. The van der Waals surface area contributed by atoms with Crippen molar-refractivity contribution >= 4 is 26.9 Å². The van der Waals surface area contributed by atoms with Crippen LogP contribution in [0.2, 0.25) is 0 Å². The summed E-state index contributed by atoms with van der Waals surface area (Å²) in [5, 5.41) is -1.12. The number of halogens is 6. The summed E-state index contributed by atoms with van der Waals surface area (Å²) < 4.78 is 90.2. The van der Waals surface area contributed by atoms with Gasteiger partial charge in [-0.15, -0.1) is 0 Å². The van der Waals surface area contributed by atoms with Crippen LogP contribution in [-0.2, 0) is 14.8 Å². The van der Waals surface area contributed by atoms with Crippen LogP contribution in [0.15, 0.2) is 4.90 Å². The van der Waals surface area contributed by atoms with E-state index in [1.807, 2.05) is 0 Å². The Labute approximate surface area is 120 Å². The second kappa shape index (κ2) is 5.18. The molecule has 0 unspecified atom stereocenters. The molecular formula is C10H5ClF5NO3S. The van der Waals surface area contributed by atoms with E-state index in [1.165, 1.54) is 0 Å². The summed E-state index contributed by atoms with van der Waals surface area (Å²) in [6, 6.07) is -1.40. The van der Waals surface area contributed by atoms with E-state index in [2.05, 4.69) is 0 Å². The van der Waals surface area contributed by atoms with E-state index in [-0.39, 0.29) is 17.3 Å². The molecular weight excluding hydrogens is 345 g/mol. The van der Waals surface area contributed by atoms with Crippen LogP contribution in [0.5, 0.6) is 0 Å². The van der Waals surface area contributed by atoms with Gasteiger partial charge in [-0.3, -0.25) is 4.79 Å². The smallest absolute Gasteiger partial charge is 0.249 e. The molecule has 1 aromatic rings. The van der Waals surface area contributed by atoms with Gasteiger partial charge in [-0.05, 0) is 18.0 Å². The van der Waals surface area contributed by atoms with E-state index in [4.69, 9.17) is 11.6 Å². The van der Waals surface area contributed by atoms with Gasteiger partial charge in [-0.25, -0.2) is 30.4 Å². The van der Waals surface area contributed by atoms with Crippen molar-refractivity contribution in [1.82, 2.24) is 4.31 Å². The number of carbonyl (C=O) groups is 1. The largest absolute Gasteiger partial charge is 0.279 e. The van der Waals surface area contributed by atoms with Gasteiger partial charge in [0.1, 0.15) is 6.04 Å². The van der Waals surface area contributed by atoms with E-state index in [0.717, 1.165) is 0 Å². The minimum Gasteiger partial charge on any atom is -0.279 e. The molecule has 1 fully saturated rings. The zero-order chi connectivity index (χ0) is 16.1. The normalized spacial score (nSPS) is 19.4. The van der Waals surface area contributed by atoms with Crippen molar-refractivity contribution < 1.29 is 35.2 Å². The number of rotatable bonds is 3. The third-order valence-electron chi connectivity index (χ3n) is 2.97. The fourth-order valence-corrected chi connectivity index (χ4v) is 3.84. The zero-order valence-corrected chi connectivity index (χ0v) is 11.4. The predicted molar refractivity (Wildman–Crippen MR) is 59.4 cm³/mol. The first kappa shape index (κ1) is 16.1. The highest BCUT2D eigenvalue weighted by Gasteiger charge is 2.46. The molecule has 1 atom stereocenters. The molecule has 0 N–H and O–H groups in total. The Hall–Kier alpha value is -1.26. The second-order valence-electron chi connectivity index (χ2n) is 4.12. The predicted octanol–water partition coefficient (Wildman–Crippen LogP) is 1.91. The van der Waals surface area contributed by atoms with Crippen LogP contribution in [0.25, 0.3) is 0 Å². The first-order valence-corrected chi connectivity index (χ1v) is 7.15. The molecule has 1 aromatic carbocycles. The molecule has 4 nitrogen and oxygen atoms in total. The Balaban J connectivity index is 2.64. The fourth-order valence-electron chi connectivity index (χ4n) is 1.81. The number of benzene rings is 1. The lowest BCUT2D eigenvalue weighted by Gasteiger charge is -2.37. The van der Waals surface area contributed by atoms with Crippen LogP contribution in [0.4, 0.5) is 22.0 Å². The highest BCUT2D eigenvalue weighted by atomic mass is 35.5. The summed E-state index contributed by atoms with van der Waals surface area (Å²) in [6.07, 6.45) is -0.0169. The molecule has 0 bridgehead atoms. The maximum atomic E-state index is 13.5. The van der Waals surface area contributed by atoms with Crippen LogP contribution in [0.3, 0.4) is 0 Å². The van der Waals surface area contributed by atoms with Crippen molar-refractivity contribution in [1.29, 1.82) is 0 Å². The molecule has 1 aliphatic rings. The van der Waals surface area contributed by atoms with Crippen LogP contribution < -0.4 is 0 Å². The van der Waals surface area contributed by atoms with Gasteiger partial charge in [0, 0.05) is 6.54 Å². The molecule has 0 aromatic heterocycles. The van der Waals surface area contributed by atoms with E-state index >= 15 is 0 Å². The van der Waals surface area contributed by atoms with Gasteiger partial charge >= 0.3 is 0 Å². The Bertz CT molecular complexity index is 710. The van der Waals surface area contributed by atoms with Crippen LogP contribution in [0, 0.1) is 29.1 Å². The minimum absolute atomic E-state index is 0.0169. The third kappa shape index (κ3) is 2.30. The summed E-state index contributed by atoms with van der Waals surface area (Å²) in [6.45, 7) is -0.328. The average Bonchev–Trinajstić information content (AvgIpc) is 2.31. The average molecular weight is 350 g/mol. The molecule has 1 heterocycles. The van der Waals surface area contributed by atoms with E-state index < -0.39 is 55.3 Å². The molecule has 21 heavy (non-hydrogen) atoms. The van der Waals surface area contributed by atoms with Gasteiger partial charge in [-0.1, -0.05) is 0 Å². The third-order valence-corrected chi connectivity index (χ3v) is 5.15. The second-order valence-corrected chi connectivity index (χ2v) is 6.32. The van der Waals surface area contributed by atoms with Crippen molar-refractivity contribution in [3.8, 4) is 0 Å². The van der Waals surface area contributed by atoms with E-state index in [9.17, 15) is 35.2 Å². The van der Waals surface area contributed by atoms with Gasteiger partial charge in [-0.2, -0.15) is 4.31 Å². The molecule has 2 rings (SSSR count). The maximum absolute atomic E-state index is 13.5. The highest BCUT2D eigenvalue weighted by molar-refractivity contribution is 7.89. The van der Waals surface area contributed by atoms with E-state index in [0.29, 0.717) is 0 Å². The van der Waals surface area contributed by atoms with E-state index in [1.54, 1.807) is 0 Å². The van der Waals surface area contributed by atoms with Gasteiger partial charge in [0.2, 0.25) is 21.1 Å². The number of hydrogen-bond donors (Lipinski definition) is 0. The molecule has 1 aliphatic heterocycles. The lowest BCUT2D eigenvalue weighted by Crippen LogP contribution is -2.54. The van der Waals surface area contributed by atoms with Gasteiger partial charge in [0.05, 0.1) is 0 Å². The minimum atomic E-state index is -5.09. The zero-order valence-electron chi connectivity index (χ0n) is 9.84. The fraction of sp³-hybridized carbons (Fsp3) is 0.300. The summed E-state index contributed by atoms with van der Waals surface area (Å²) in [5.74, 6) is -12.2. The van der Waals surface area contributed by atoms with Crippen molar-refractivity contribution in [3.05, 3.63) is 29.1 Å². The first-order chi connectivity index (χ1) is 9.60. The number of carbonyl (C=O) groups excluding carboxylic acids is 1. The number of hydrogen-bond acceptors (Lipinski definition) is 3. The Morgan fingerprint density at radius 1 is 1.00 bits per heavy atom. The summed E-state index contributed by atoms with van der Waals surface area (Å²) >= 11 is 5.09. The van der Waals surface area contributed by atoms with Crippen molar-refractivity contribution in [2.45, 2.75) is 17.4 Å². The van der Waals surface area contributed by atoms with Gasteiger partial charge < -0.3 is 0 Å². The molecule has 0 radical (unpaired) electrons. The van der Waals surface area contributed by atoms with Crippen LogP contribution in [0.1, 0.15) is 6.42 Å². The lowest BCUT2D eigenvalue weighted by molar-refractivity contribution is -0.117. The summed E-state index contributed by atoms with van der Waals surface area (Å²) in [4.78, 5) is 8.94. The molecule has 11 heteroatoms. The summed E-state index contributed by atoms with van der Waals surface area (Å²) in [5.41, 5.74) is 0. The van der Waals surface area contributed by atoms with Crippen molar-refractivity contribution in [2.24, 2.45) is 0 Å². The monoisotopic (exact) mass is 349 g/mol. The van der Waals surface area contributed by atoms with Crippen LogP contribution in [-0.4, -0.2) is 30.6 Å². The highest BCUT2D eigenvalue weighted by Crippen LogP contribution is 2.33. The standard InChI is InChI=1S/C10H5ClF5NO3S/c11-10(18)3-1-2-17(3)21(19,20)9-7(15)5(13)4(12)6(14)8(9)16/h3H,1-2H2/t3-/m1/s1. The van der Waals surface area contributed by atoms with Gasteiger partial charge in [0.15, 0.2) is 28.2 Å². The molecule has 116 valence electrons. The topological polar surface area (TPSA) is 54.5 Å².